The summed E-state index contributed by atoms with van der Waals surface area (Å²) >= 11 is 0. The van der Waals surface area contributed by atoms with Crippen molar-refractivity contribution >= 4 is 29.9 Å². The summed E-state index contributed by atoms with van der Waals surface area (Å²) in [7, 11) is 5.82. The number of hydrogen-bond donors (Lipinski definition) is 1. The minimum atomic E-state index is 0. The summed E-state index contributed by atoms with van der Waals surface area (Å²) in [6.45, 7) is 9.85. The second kappa shape index (κ2) is 13.4. The largest absolute Gasteiger partial charge is 0.385 e. The first-order valence-electron chi connectivity index (χ1n) is 9.00. The van der Waals surface area contributed by atoms with Crippen molar-refractivity contribution in [3.63, 3.8) is 0 Å². The van der Waals surface area contributed by atoms with Crippen molar-refractivity contribution in [2.24, 2.45) is 12.0 Å². The number of aromatic nitrogens is 2. The van der Waals surface area contributed by atoms with Crippen LogP contribution in [0, 0.1) is 0 Å². The first-order valence-corrected chi connectivity index (χ1v) is 9.00. The molecule has 1 rings (SSSR count). The van der Waals surface area contributed by atoms with Gasteiger partial charge in [-0.2, -0.15) is 5.10 Å². The first-order chi connectivity index (χ1) is 11.5. The molecule has 1 aromatic rings. The van der Waals surface area contributed by atoms with E-state index in [0.29, 0.717) is 5.92 Å². The minimum Gasteiger partial charge on any atom is -0.385 e. The highest BCUT2D eigenvalue weighted by Crippen LogP contribution is 2.18. The Labute approximate surface area is 170 Å². The average Bonchev–Trinajstić information content (AvgIpc) is 2.90. The van der Waals surface area contributed by atoms with Gasteiger partial charge in [0, 0.05) is 59.2 Å². The molecule has 0 unspecified atom stereocenters. The van der Waals surface area contributed by atoms with Gasteiger partial charge in [0.1, 0.15) is 0 Å². The van der Waals surface area contributed by atoms with E-state index in [9.17, 15) is 0 Å². The Kier molecular flexibility index (Phi) is 12.9. The summed E-state index contributed by atoms with van der Waals surface area (Å²) < 4.78 is 6.98. The molecule has 1 N–H and O–H groups in total. The molecule has 25 heavy (non-hydrogen) atoms. The Balaban J connectivity index is 0.00000576. The lowest BCUT2D eigenvalue weighted by molar-refractivity contribution is 0.192. The van der Waals surface area contributed by atoms with Gasteiger partial charge < -0.3 is 15.0 Å². The van der Waals surface area contributed by atoms with Crippen LogP contribution in [0.5, 0.6) is 0 Å². The van der Waals surface area contributed by atoms with Crippen LogP contribution in [-0.2, 0) is 18.3 Å². The van der Waals surface area contributed by atoms with Gasteiger partial charge in [-0.05, 0) is 32.1 Å². The monoisotopic (exact) mass is 465 g/mol. The molecule has 7 heteroatoms. The molecule has 0 aliphatic carbocycles. The van der Waals surface area contributed by atoms with E-state index in [-0.39, 0.29) is 24.0 Å². The van der Waals surface area contributed by atoms with Crippen LogP contribution >= 0.6 is 24.0 Å². The van der Waals surface area contributed by atoms with E-state index in [4.69, 9.17) is 9.73 Å². The van der Waals surface area contributed by atoms with Gasteiger partial charge in [0.05, 0.1) is 5.69 Å². The van der Waals surface area contributed by atoms with Crippen LogP contribution in [0.25, 0.3) is 0 Å². The predicted molar refractivity (Wildman–Crippen MR) is 116 cm³/mol. The minimum absolute atomic E-state index is 0. The summed E-state index contributed by atoms with van der Waals surface area (Å²) in [5, 5.41) is 7.97. The van der Waals surface area contributed by atoms with E-state index >= 15 is 0 Å². The van der Waals surface area contributed by atoms with Gasteiger partial charge in [0.15, 0.2) is 5.96 Å². The van der Waals surface area contributed by atoms with Crippen LogP contribution in [0.4, 0.5) is 0 Å². The number of hydrogen-bond acceptors (Lipinski definition) is 3. The highest BCUT2D eigenvalue weighted by Gasteiger charge is 2.14. The summed E-state index contributed by atoms with van der Waals surface area (Å²) in [6, 6.07) is 0. The molecule has 1 heterocycles. The van der Waals surface area contributed by atoms with Crippen molar-refractivity contribution in [2.75, 3.05) is 33.9 Å². The lowest BCUT2D eigenvalue weighted by Gasteiger charge is -2.22. The van der Waals surface area contributed by atoms with E-state index < -0.39 is 0 Å². The summed E-state index contributed by atoms with van der Waals surface area (Å²) in [5.41, 5.74) is 2.43. The topological polar surface area (TPSA) is 54.7 Å². The van der Waals surface area contributed by atoms with Crippen molar-refractivity contribution in [3.05, 3.63) is 17.5 Å². The molecule has 0 aliphatic heterocycles. The molecular weight excluding hydrogens is 429 g/mol. The second-order valence-corrected chi connectivity index (χ2v) is 6.51. The Bertz CT molecular complexity index is 502. The van der Waals surface area contributed by atoms with Crippen LogP contribution in [0.2, 0.25) is 0 Å². The van der Waals surface area contributed by atoms with Gasteiger partial charge in [-0.3, -0.25) is 9.67 Å². The van der Waals surface area contributed by atoms with E-state index in [1.807, 2.05) is 11.7 Å². The number of halogens is 1. The van der Waals surface area contributed by atoms with Crippen molar-refractivity contribution in [1.82, 2.24) is 20.0 Å². The van der Waals surface area contributed by atoms with E-state index in [1.165, 1.54) is 11.3 Å². The van der Waals surface area contributed by atoms with Crippen LogP contribution in [-0.4, -0.2) is 54.5 Å². The van der Waals surface area contributed by atoms with E-state index in [1.54, 1.807) is 7.11 Å². The zero-order chi connectivity index (χ0) is 17.9. The number of aryl methyl sites for hydroxylation is 1. The Morgan fingerprint density at radius 3 is 2.68 bits per heavy atom. The SMILES string of the molecule is CCNC(=NCCCCCOC)N(C)Cc1cn(C)nc1C(C)C.I. The summed E-state index contributed by atoms with van der Waals surface area (Å²) in [5.74, 6) is 1.39. The number of nitrogens with one attached hydrogen (secondary N) is 1. The average molecular weight is 465 g/mol. The van der Waals surface area contributed by atoms with Gasteiger partial charge >= 0.3 is 0 Å². The maximum absolute atomic E-state index is 5.08. The van der Waals surface area contributed by atoms with Crippen molar-refractivity contribution in [3.8, 4) is 0 Å². The highest BCUT2D eigenvalue weighted by molar-refractivity contribution is 14.0. The van der Waals surface area contributed by atoms with Crippen LogP contribution in [0.1, 0.15) is 57.2 Å². The Morgan fingerprint density at radius 2 is 2.08 bits per heavy atom. The fourth-order valence-electron chi connectivity index (χ4n) is 2.68. The molecule has 0 aliphatic rings. The zero-order valence-corrected chi connectivity index (χ0v) is 19.0. The number of guanidine groups is 1. The first kappa shape index (κ1) is 24.2. The molecule has 146 valence electrons. The molecule has 0 aromatic carbocycles. The fraction of sp³-hybridized carbons (Fsp3) is 0.778. The third-order valence-electron chi connectivity index (χ3n) is 3.86. The van der Waals surface area contributed by atoms with Gasteiger partial charge in [-0.25, -0.2) is 0 Å². The summed E-state index contributed by atoms with van der Waals surface area (Å²) in [6.07, 6.45) is 5.46. The number of nitrogens with zero attached hydrogens (tertiary/aromatic N) is 4. The van der Waals surface area contributed by atoms with Gasteiger partial charge in [-0.15, -0.1) is 24.0 Å². The Morgan fingerprint density at radius 1 is 1.36 bits per heavy atom. The number of rotatable bonds is 10. The van der Waals surface area contributed by atoms with Gasteiger partial charge in [0.25, 0.3) is 0 Å². The lowest BCUT2D eigenvalue weighted by Crippen LogP contribution is -2.38. The number of aliphatic imine (C=N–C) groups is 1. The smallest absolute Gasteiger partial charge is 0.193 e. The molecule has 0 saturated carbocycles. The molecule has 0 spiro atoms. The predicted octanol–water partition coefficient (Wildman–Crippen LogP) is 3.38. The highest BCUT2D eigenvalue weighted by atomic mass is 127. The standard InChI is InChI=1S/C18H35N5O.HI/c1-7-19-18(20-11-9-8-10-12-24-6)22(4)13-16-14-23(5)21-17(16)15(2)3;/h14-15H,7-13H2,1-6H3,(H,19,20);1H. The molecule has 0 bridgehead atoms. The molecule has 0 fully saturated rings. The Hall–Kier alpha value is -0.830. The fourth-order valence-corrected chi connectivity index (χ4v) is 2.68. The van der Waals surface area contributed by atoms with Gasteiger partial charge in [-0.1, -0.05) is 13.8 Å². The molecular formula is C18H36IN5O. The van der Waals surface area contributed by atoms with Crippen LogP contribution < -0.4 is 5.32 Å². The maximum atomic E-state index is 5.08. The number of ether oxygens (including phenoxy) is 1. The normalized spacial score (nSPS) is 11.6. The van der Waals surface area contributed by atoms with Crippen LogP contribution in [0.3, 0.4) is 0 Å². The molecule has 1 aromatic heterocycles. The van der Waals surface area contributed by atoms with Crippen molar-refractivity contribution in [1.29, 1.82) is 0 Å². The van der Waals surface area contributed by atoms with Crippen LogP contribution in [0.15, 0.2) is 11.2 Å². The molecule has 0 amide bonds. The zero-order valence-electron chi connectivity index (χ0n) is 16.7. The van der Waals surface area contributed by atoms with Crippen molar-refractivity contribution < 1.29 is 4.74 Å². The third-order valence-corrected chi connectivity index (χ3v) is 3.86. The maximum Gasteiger partial charge on any atom is 0.193 e. The molecule has 0 radical (unpaired) electrons. The van der Waals surface area contributed by atoms with E-state index in [2.05, 4.69) is 49.3 Å². The third kappa shape index (κ3) is 8.89. The molecule has 6 nitrogen and oxygen atoms in total. The lowest BCUT2D eigenvalue weighted by atomic mass is 10.1. The summed E-state index contributed by atoms with van der Waals surface area (Å²) in [4.78, 5) is 6.93. The van der Waals surface area contributed by atoms with Crippen molar-refractivity contribution in [2.45, 2.75) is 52.5 Å². The molecule has 0 atom stereocenters. The number of unbranched alkanes of at least 4 members (excludes halogenated alkanes) is 2. The van der Waals surface area contributed by atoms with Gasteiger partial charge in [0.2, 0.25) is 0 Å². The number of methoxy groups -OCH3 is 1. The second-order valence-electron chi connectivity index (χ2n) is 6.51. The van der Waals surface area contributed by atoms with E-state index in [0.717, 1.165) is 51.5 Å². The molecule has 0 saturated heterocycles. The quantitative estimate of drug-likeness (QED) is 0.249.